The van der Waals surface area contributed by atoms with Crippen LogP contribution in [0.25, 0.3) is 0 Å². The Morgan fingerprint density at radius 3 is 2.83 bits per heavy atom. The third kappa shape index (κ3) is 3.84. The summed E-state index contributed by atoms with van der Waals surface area (Å²) in [4.78, 5) is 11.9. The van der Waals surface area contributed by atoms with Crippen molar-refractivity contribution in [1.29, 1.82) is 0 Å². The van der Waals surface area contributed by atoms with Crippen LogP contribution in [-0.2, 0) is 6.54 Å². The molecule has 0 spiro atoms. The molecule has 1 rings (SSSR count). The Labute approximate surface area is 111 Å². The minimum Gasteiger partial charge on any atom is -0.379 e. The lowest BCUT2D eigenvalue weighted by atomic mass is 10.2. The summed E-state index contributed by atoms with van der Waals surface area (Å²) in [6.45, 7) is 0.762. The van der Waals surface area contributed by atoms with Crippen LogP contribution in [0.4, 0.5) is 5.69 Å². The number of anilines is 1. The second-order valence-corrected chi connectivity index (χ2v) is 4.03. The highest BCUT2D eigenvalue weighted by atomic mass is 35.5. The highest BCUT2D eigenvalue weighted by Gasteiger charge is 2.08. The Bertz CT molecular complexity index is 537. The molecule has 1 N–H and O–H groups in total. The number of rotatable bonds is 6. The predicted molar refractivity (Wildman–Crippen MR) is 73.5 cm³/mol. The summed E-state index contributed by atoms with van der Waals surface area (Å²) in [5.74, 6) is 4.93. The lowest BCUT2D eigenvalue weighted by molar-refractivity contribution is 0.663. The van der Waals surface area contributed by atoms with Crippen LogP contribution in [-0.4, -0.2) is 16.3 Å². The number of aromatic nitrogens is 2. The molecule has 18 heavy (non-hydrogen) atoms. The van der Waals surface area contributed by atoms with Crippen molar-refractivity contribution in [3.05, 3.63) is 21.6 Å². The van der Waals surface area contributed by atoms with E-state index in [0.717, 1.165) is 19.3 Å². The van der Waals surface area contributed by atoms with Crippen molar-refractivity contribution in [1.82, 2.24) is 9.78 Å². The van der Waals surface area contributed by atoms with Gasteiger partial charge in [-0.1, -0.05) is 17.5 Å². The van der Waals surface area contributed by atoms with Gasteiger partial charge in [-0.05, 0) is 12.8 Å². The van der Waals surface area contributed by atoms with Gasteiger partial charge in [0.05, 0.1) is 11.2 Å². The fourth-order valence-corrected chi connectivity index (χ4v) is 1.58. The van der Waals surface area contributed by atoms with E-state index in [0.29, 0.717) is 17.3 Å². The molecule has 0 saturated heterocycles. The molecule has 0 atom stereocenters. The topological polar surface area (TPSA) is 46.9 Å². The minimum absolute atomic E-state index is 0.127. The Balaban J connectivity index is 2.70. The number of hydrogen-bond acceptors (Lipinski definition) is 3. The first-order chi connectivity index (χ1) is 8.70. The monoisotopic (exact) mass is 263 g/mol. The molecule has 0 aromatic carbocycles. The van der Waals surface area contributed by atoms with Gasteiger partial charge in [-0.25, -0.2) is 4.68 Å². The summed E-state index contributed by atoms with van der Waals surface area (Å²) < 4.78 is 1.19. The summed E-state index contributed by atoms with van der Waals surface area (Å²) in [6.07, 6.45) is 14.2. The van der Waals surface area contributed by atoms with Crippen LogP contribution >= 0.6 is 11.6 Å². The Morgan fingerprint density at radius 2 is 2.17 bits per heavy atom. The van der Waals surface area contributed by atoms with Gasteiger partial charge in [0, 0.05) is 13.0 Å². The van der Waals surface area contributed by atoms with Crippen LogP contribution in [0.3, 0.4) is 0 Å². The molecule has 0 aliphatic rings. The molecule has 1 aromatic rings. The molecule has 0 saturated carbocycles. The molecule has 0 bridgehead atoms. The first-order valence-corrected chi connectivity index (χ1v) is 5.95. The van der Waals surface area contributed by atoms with Crippen LogP contribution in [0, 0.1) is 24.7 Å². The lowest BCUT2D eigenvalue weighted by Gasteiger charge is -2.08. The summed E-state index contributed by atoms with van der Waals surface area (Å²) in [5, 5.41) is 7.14. The Kier molecular flexibility index (Phi) is 5.84. The van der Waals surface area contributed by atoms with Crippen molar-refractivity contribution < 1.29 is 0 Å². The number of nitrogens with zero attached hydrogens (tertiary/aromatic N) is 2. The zero-order chi connectivity index (χ0) is 13.4. The van der Waals surface area contributed by atoms with E-state index in [-0.39, 0.29) is 12.1 Å². The van der Waals surface area contributed by atoms with Crippen molar-refractivity contribution in [2.75, 3.05) is 11.9 Å². The number of unbranched alkanes of at least 4 members (excludes halogenated alkanes) is 2. The first kappa shape index (κ1) is 14.2. The van der Waals surface area contributed by atoms with Gasteiger partial charge in [0.15, 0.2) is 0 Å². The van der Waals surface area contributed by atoms with Gasteiger partial charge in [0.2, 0.25) is 0 Å². The number of hydrogen-bond donors (Lipinski definition) is 1. The predicted octanol–water partition coefficient (Wildman–Crippen LogP) is 1.75. The van der Waals surface area contributed by atoms with E-state index < -0.39 is 0 Å². The summed E-state index contributed by atoms with van der Waals surface area (Å²) >= 11 is 5.92. The second-order valence-electron chi connectivity index (χ2n) is 3.62. The maximum atomic E-state index is 11.9. The van der Waals surface area contributed by atoms with Gasteiger partial charge in [0.1, 0.15) is 12.2 Å². The normalized spacial score (nSPS) is 9.50. The van der Waals surface area contributed by atoms with Crippen molar-refractivity contribution in [2.24, 2.45) is 0 Å². The standard InChI is InChI=1S/C13H14ClN3O/c1-3-5-6-7-8-15-12-11(14)10-16-17(9-4-2)13(12)18/h1-2,10,15H,5-9H2. The zero-order valence-corrected chi connectivity index (χ0v) is 10.7. The third-order valence-electron chi connectivity index (χ3n) is 2.29. The van der Waals surface area contributed by atoms with E-state index in [1.165, 1.54) is 10.9 Å². The summed E-state index contributed by atoms with van der Waals surface area (Å²) in [5.41, 5.74) is 0.0278. The van der Waals surface area contributed by atoms with Crippen molar-refractivity contribution in [3.63, 3.8) is 0 Å². The zero-order valence-electron chi connectivity index (χ0n) is 9.95. The van der Waals surface area contributed by atoms with Gasteiger partial charge in [-0.2, -0.15) is 5.10 Å². The van der Waals surface area contributed by atoms with Crippen molar-refractivity contribution >= 4 is 17.3 Å². The highest BCUT2D eigenvalue weighted by molar-refractivity contribution is 6.32. The Hall–Kier alpha value is -1.91. The van der Waals surface area contributed by atoms with Gasteiger partial charge in [-0.3, -0.25) is 4.79 Å². The van der Waals surface area contributed by atoms with Crippen LogP contribution in [0.1, 0.15) is 19.3 Å². The fraction of sp³-hybridized carbons (Fsp3) is 0.385. The third-order valence-corrected chi connectivity index (χ3v) is 2.57. The van der Waals surface area contributed by atoms with E-state index in [2.05, 4.69) is 22.3 Å². The molecule has 0 radical (unpaired) electrons. The molecular formula is C13H14ClN3O. The molecule has 0 aliphatic heterocycles. The van der Waals surface area contributed by atoms with Crippen molar-refractivity contribution in [3.8, 4) is 24.7 Å². The van der Waals surface area contributed by atoms with E-state index in [9.17, 15) is 4.79 Å². The number of terminal acetylenes is 2. The van der Waals surface area contributed by atoms with Crippen LogP contribution in [0.2, 0.25) is 5.02 Å². The van der Waals surface area contributed by atoms with Crippen LogP contribution in [0.15, 0.2) is 11.0 Å². The van der Waals surface area contributed by atoms with Crippen molar-refractivity contribution in [2.45, 2.75) is 25.8 Å². The van der Waals surface area contributed by atoms with Crippen LogP contribution in [0.5, 0.6) is 0 Å². The smallest absolute Gasteiger partial charge is 0.292 e. The average molecular weight is 264 g/mol. The van der Waals surface area contributed by atoms with Gasteiger partial charge < -0.3 is 5.32 Å². The van der Waals surface area contributed by atoms with E-state index in [4.69, 9.17) is 24.4 Å². The SMILES string of the molecule is C#CCCCCNc1c(Cl)cnn(CC#C)c1=O. The maximum Gasteiger partial charge on any atom is 0.292 e. The summed E-state index contributed by atoms with van der Waals surface area (Å²) in [6, 6.07) is 0. The first-order valence-electron chi connectivity index (χ1n) is 5.57. The molecule has 0 aliphatic carbocycles. The molecule has 94 valence electrons. The molecule has 5 heteroatoms. The van der Waals surface area contributed by atoms with Gasteiger partial charge in [-0.15, -0.1) is 18.8 Å². The molecule has 4 nitrogen and oxygen atoms in total. The number of halogens is 1. The highest BCUT2D eigenvalue weighted by Crippen LogP contribution is 2.15. The maximum absolute atomic E-state index is 11.9. The fourth-order valence-electron chi connectivity index (χ4n) is 1.39. The summed E-state index contributed by atoms with van der Waals surface area (Å²) in [7, 11) is 0. The van der Waals surface area contributed by atoms with E-state index >= 15 is 0 Å². The second kappa shape index (κ2) is 7.42. The quantitative estimate of drug-likeness (QED) is 0.628. The molecule has 0 amide bonds. The Morgan fingerprint density at radius 1 is 1.39 bits per heavy atom. The average Bonchev–Trinajstić information content (AvgIpc) is 2.36. The number of nitrogens with one attached hydrogen (secondary N) is 1. The molecule has 0 fully saturated rings. The minimum atomic E-state index is -0.308. The molecule has 1 heterocycles. The molecule has 1 aromatic heterocycles. The van der Waals surface area contributed by atoms with E-state index in [1.807, 2.05) is 0 Å². The lowest BCUT2D eigenvalue weighted by Crippen LogP contribution is -2.26. The molecular weight excluding hydrogens is 250 g/mol. The largest absolute Gasteiger partial charge is 0.379 e. The van der Waals surface area contributed by atoms with Gasteiger partial charge >= 0.3 is 0 Å². The van der Waals surface area contributed by atoms with Crippen LogP contribution < -0.4 is 10.9 Å². The molecule has 0 unspecified atom stereocenters. The van der Waals surface area contributed by atoms with Gasteiger partial charge in [0.25, 0.3) is 5.56 Å². The van der Waals surface area contributed by atoms with E-state index in [1.54, 1.807) is 0 Å².